The van der Waals surface area contributed by atoms with Crippen molar-refractivity contribution in [2.24, 2.45) is 0 Å². The van der Waals surface area contributed by atoms with Gasteiger partial charge in [0.2, 0.25) is 0 Å². The van der Waals surface area contributed by atoms with Crippen LogP contribution in [0.5, 0.6) is 0 Å². The summed E-state index contributed by atoms with van der Waals surface area (Å²) < 4.78 is 19.1. The smallest absolute Gasteiger partial charge is 0.328 e. The lowest BCUT2D eigenvalue weighted by Gasteiger charge is -2.13. The zero-order valence-electron chi connectivity index (χ0n) is 11.1. The molecule has 0 radical (unpaired) electrons. The highest BCUT2D eigenvalue weighted by Crippen LogP contribution is 2.10. The van der Waals surface area contributed by atoms with Gasteiger partial charge in [0.15, 0.2) is 6.10 Å². The summed E-state index contributed by atoms with van der Waals surface area (Å²) in [6, 6.07) is 5.40. The van der Waals surface area contributed by atoms with E-state index in [9.17, 15) is 14.0 Å². The van der Waals surface area contributed by atoms with Crippen LogP contribution in [-0.2, 0) is 20.9 Å². The molecule has 2 rings (SSSR count). The first-order valence-corrected chi connectivity index (χ1v) is 6.01. The van der Waals surface area contributed by atoms with Gasteiger partial charge in [-0.25, -0.2) is 9.07 Å². The van der Waals surface area contributed by atoms with Crippen molar-refractivity contribution in [3.8, 4) is 0 Å². The monoisotopic (exact) mass is 293 g/mol. The number of nitrogens with zero attached hydrogens (tertiary/aromatic N) is 4. The number of tetrazole rings is 1. The number of halogens is 1. The van der Waals surface area contributed by atoms with E-state index in [1.54, 1.807) is 0 Å². The molecule has 0 aliphatic heterocycles. The molecule has 1 amide bonds. The number of carbonyl (C=O) groups excluding carboxylic acids is 2. The number of esters is 1. The van der Waals surface area contributed by atoms with E-state index in [1.165, 1.54) is 36.1 Å². The fourth-order valence-corrected chi connectivity index (χ4v) is 1.48. The van der Waals surface area contributed by atoms with E-state index in [-0.39, 0.29) is 12.2 Å². The Balaban J connectivity index is 1.86. The Labute approximate surface area is 118 Å². The molecular weight excluding hydrogens is 281 g/mol. The fourth-order valence-electron chi connectivity index (χ4n) is 1.48. The Morgan fingerprint density at radius 3 is 2.95 bits per heavy atom. The Morgan fingerprint density at radius 1 is 1.48 bits per heavy atom. The summed E-state index contributed by atoms with van der Waals surface area (Å²) in [6.45, 7) is 1.21. The third kappa shape index (κ3) is 4.34. The van der Waals surface area contributed by atoms with Crippen molar-refractivity contribution in [2.75, 3.05) is 5.32 Å². The molecule has 1 N–H and O–H groups in total. The van der Waals surface area contributed by atoms with Gasteiger partial charge in [-0.05, 0) is 35.5 Å². The van der Waals surface area contributed by atoms with Gasteiger partial charge in [0.05, 0.1) is 0 Å². The van der Waals surface area contributed by atoms with Gasteiger partial charge in [0.1, 0.15) is 18.7 Å². The number of amides is 1. The summed E-state index contributed by atoms with van der Waals surface area (Å²) in [7, 11) is 0. The van der Waals surface area contributed by atoms with Gasteiger partial charge in [-0.1, -0.05) is 6.07 Å². The summed E-state index contributed by atoms with van der Waals surface area (Å²) in [5.74, 6) is -1.70. The topological polar surface area (TPSA) is 99.0 Å². The quantitative estimate of drug-likeness (QED) is 0.800. The second-order valence-electron chi connectivity index (χ2n) is 4.14. The zero-order chi connectivity index (χ0) is 15.2. The van der Waals surface area contributed by atoms with Gasteiger partial charge < -0.3 is 10.1 Å². The lowest BCUT2D eigenvalue weighted by atomic mass is 10.3. The third-order valence-corrected chi connectivity index (χ3v) is 2.45. The average Bonchev–Trinajstić information content (AvgIpc) is 2.91. The minimum atomic E-state index is -1.03. The number of aromatic nitrogens is 4. The maximum atomic E-state index is 13.0. The molecule has 9 heteroatoms. The van der Waals surface area contributed by atoms with Gasteiger partial charge in [-0.15, -0.1) is 5.10 Å². The van der Waals surface area contributed by atoms with Crippen LogP contribution in [0.1, 0.15) is 6.92 Å². The molecule has 1 atom stereocenters. The van der Waals surface area contributed by atoms with E-state index in [4.69, 9.17) is 4.74 Å². The zero-order valence-corrected chi connectivity index (χ0v) is 11.1. The van der Waals surface area contributed by atoms with Gasteiger partial charge >= 0.3 is 5.97 Å². The van der Waals surface area contributed by atoms with Crippen molar-refractivity contribution in [1.82, 2.24) is 20.2 Å². The number of hydrogen-bond acceptors (Lipinski definition) is 6. The predicted octanol–water partition coefficient (Wildman–Crippen LogP) is 0.383. The van der Waals surface area contributed by atoms with Crippen LogP contribution in [0.3, 0.4) is 0 Å². The largest absolute Gasteiger partial charge is 0.451 e. The van der Waals surface area contributed by atoms with E-state index in [2.05, 4.69) is 20.8 Å². The van der Waals surface area contributed by atoms with Crippen LogP contribution in [0.25, 0.3) is 0 Å². The molecule has 0 aliphatic carbocycles. The van der Waals surface area contributed by atoms with Crippen molar-refractivity contribution in [2.45, 2.75) is 19.6 Å². The average molecular weight is 293 g/mol. The van der Waals surface area contributed by atoms with E-state index < -0.39 is 23.8 Å². The summed E-state index contributed by atoms with van der Waals surface area (Å²) in [4.78, 5) is 23.4. The van der Waals surface area contributed by atoms with Crippen LogP contribution in [0, 0.1) is 5.82 Å². The molecule has 2 aromatic rings. The predicted molar refractivity (Wildman–Crippen MR) is 68.4 cm³/mol. The van der Waals surface area contributed by atoms with E-state index in [0.717, 1.165) is 6.07 Å². The van der Waals surface area contributed by atoms with Gasteiger partial charge in [0, 0.05) is 5.69 Å². The minimum absolute atomic E-state index is 0.204. The molecule has 0 saturated heterocycles. The summed E-state index contributed by atoms with van der Waals surface area (Å²) in [5, 5.41) is 12.7. The molecule has 110 valence electrons. The summed E-state index contributed by atoms with van der Waals surface area (Å²) in [6.07, 6.45) is 0.218. The number of ether oxygens (including phenoxy) is 1. The second kappa shape index (κ2) is 6.55. The molecule has 0 unspecified atom stereocenters. The van der Waals surface area contributed by atoms with Gasteiger partial charge in [0.25, 0.3) is 5.91 Å². The number of carbonyl (C=O) groups is 2. The molecule has 1 aromatic carbocycles. The highest BCUT2D eigenvalue weighted by atomic mass is 19.1. The Kier molecular flexibility index (Phi) is 4.54. The van der Waals surface area contributed by atoms with Crippen molar-refractivity contribution >= 4 is 17.6 Å². The lowest BCUT2D eigenvalue weighted by Crippen LogP contribution is -2.31. The summed E-state index contributed by atoms with van der Waals surface area (Å²) in [5.41, 5.74) is 0.281. The highest BCUT2D eigenvalue weighted by molar-refractivity contribution is 5.95. The molecular formula is C12H12FN5O3. The van der Waals surface area contributed by atoms with E-state index >= 15 is 0 Å². The van der Waals surface area contributed by atoms with Crippen LogP contribution < -0.4 is 5.32 Å². The van der Waals surface area contributed by atoms with Crippen molar-refractivity contribution in [3.05, 3.63) is 36.4 Å². The molecule has 1 aromatic heterocycles. The number of anilines is 1. The number of benzene rings is 1. The SMILES string of the molecule is C[C@H](OC(=O)Cn1cnnn1)C(=O)Nc1cccc(F)c1. The molecule has 1 heterocycles. The fraction of sp³-hybridized carbons (Fsp3) is 0.250. The second-order valence-corrected chi connectivity index (χ2v) is 4.14. The maximum Gasteiger partial charge on any atom is 0.328 e. The first-order valence-electron chi connectivity index (χ1n) is 6.01. The Bertz CT molecular complexity index is 632. The molecule has 0 spiro atoms. The number of nitrogens with one attached hydrogen (secondary N) is 1. The van der Waals surface area contributed by atoms with Crippen LogP contribution in [0.15, 0.2) is 30.6 Å². The van der Waals surface area contributed by atoms with Crippen molar-refractivity contribution < 1.29 is 18.7 Å². The minimum Gasteiger partial charge on any atom is -0.451 e. The molecule has 0 bridgehead atoms. The van der Waals surface area contributed by atoms with Crippen LogP contribution >= 0.6 is 0 Å². The summed E-state index contributed by atoms with van der Waals surface area (Å²) >= 11 is 0. The number of hydrogen-bond donors (Lipinski definition) is 1. The normalized spacial score (nSPS) is 11.7. The molecule has 8 nitrogen and oxygen atoms in total. The van der Waals surface area contributed by atoms with Crippen molar-refractivity contribution in [1.29, 1.82) is 0 Å². The molecule has 0 aliphatic rings. The molecule has 21 heavy (non-hydrogen) atoms. The molecule has 0 fully saturated rings. The van der Waals surface area contributed by atoms with Crippen LogP contribution in [-0.4, -0.2) is 38.2 Å². The first kappa shape index (κ1) is 14.6. The van der Waals surface area contributed by atoms with Gasteiger partial charge in [-0.2, -0.15) is 0 Å². The van der Waals surface area contributed by atoms with E-state index in [1.807, 2.05) is 0 Å². The lowest BCUT2D eigenvalue weighted by molar-refractivity contribution is -0.153. The Morgan fingerprint density at radius 2 is 2.29 bits per heavy atom. The van der Waals surface area contributed by atoms with Crippen molar-refractivity contribution in [3.63, 3.8) is 0 Å². The van der Waals surface area contributed by atoms with E-state index in [0.29, 0.717) is 0 Å². The standard InChI is InChI=1S/C12H12FN5O3/c1-8(21-11(19)6-18-7-14-16-17-18)12(20)15-10-4-2-3-9(13)5-10/h2-5,7-8H,6H2,1H3,(H,15,20)/t8-/m0/s1. The van der Waals surface area contributed by atoms with Crippen LogP contribution in [0.2, 0.25) is 0 Å². The van der Waals surface area contributed by atoms with Crippen LogP contribution in [0.4, 0.5) is 10.1 Å². The number of rotatable bonds is 5. The third-order valence-electron chi connectivity index (χ3n) is 2.45. The molecule has 0 saturated carbocycles. The Hall–Kier alpha value is -2.84. The maximum absolute atomic E-state index is 13.0. The van der Waals surface area contributed by atoms with Gasteiger partial charge in [-0.3, -0.25) is 9.59 Å². The first-order chi connectivity index (χ1) is 10.0. The highest BCUT2D eigenvalue weighted by Gasteiger charge is 2.18.